The van der Waals surface area contributed by atoms with Crippen molar-refractivity contribution in [2.24, 2.45) is 0 Å². The van der Waals surface area contributed by atoms with Gasteiger partial charge in [0.05, 0.1) is 20.8 Å². The van der Waals surface area contributed by atoms with Crippen LogP contribution in [0.4, 0.5) is 0 Å². The zero-order valence-corrected chi connectivity index (χ0v) is 7.74. The molecule has 3 nitrogen and oxygen atoms in total. The molecule has 3 heteroatoms. The number of hydrogen-bond donors (Lipinski definition) is 0. The van der Waals surface area contributed by atoms with Crippen LogP contribution in [0.3, 0.4) is 0 Å². The smallest absolute Gasteiger partial charge is 0.161 e. The Bertz CT molecular complexity index is 305. The molecule has 13 heavy (non-hydrogen) atoms. The van der Waals surface area contributed by atoms with Gasteiger partial charge in [-0.1, -0.05) is 6.07 Å². The molecule has 0 spiro atoms. The van der Waals surface area contributed by atoms with E-state index in [0.717, 1.165) is 23.7 Å². The Morgan fingerprint density at radius 2 is 1.92 bits per heavy atom. The summed E-state index contributed by atoms with van der Waals surface area (Å²) in [5.41, 5.74) is 1.15. The molecule has 0 N–H and O–H groups in total. The first-order chi connectivity index (χ1) is 6.35. The molecule has 1 heterocycles. The van der Waals surface area contributed by atoms with Gasteiger partial charge in [-0.25, -0.2) is 0 Å². The largest absolute Gasteiger partial charge is 0.493 e. The van der Waals surface area contributed by atoms with Crippen molar-refractivity contribution < 1.29 is 14.2 Å². The van der Waals surface area contributed by atoms with Gasteiger partial charge in [-0.3, -0.25) is 0 Å². The number of epoxide rings is 1. The monoisotopic (exact) mass is 180 g/mol. The molecule has 1 fully saturated rings. The van der Waals surface area contributed by atoms with E-state index in [1.54, 1.807) is 14.2 Å². The van der Waals surface area contributed by atoms with Crippen LogP contribution in [-0.4, -0.2) is 20.8 Å². The zero-order chi connectivity index (χ0) is 9.26. The van der Waals surface area contributed by atoms with Gasteiger partial charge in [0.1, 0.15) is 6.10 Å². The van der Waals surface area contributed by atoms with E-state index < -0.39 is 0 Å². The summed E-state index contributed by atoms with van der Waals surface area (Å²) in [6, 6.07) is 5.85. The second kappa shape index (κ2) is 3.26. The van der Waals surface area contributed by atoms with Crippen molar-refractivity contribution in [2.75, 3.05) is 20.8 Å². The summed E-state index contributed by atoms with van der Waals surface area (Å²) >= 11 is 0. The van der Waals surface area contributed by atoms with Crippen molar-refractivity contribution in [3.05, 3.63) is 23.8 Å². The van der Waals surface area contributed by atoms with E-state index >= 15 is 0 Å². The third-order valence-corrected chi connectivity index (χ3v) is 2.11. The molecular weight excluding hydrogens is 168 g/mol. The second-order valence-corrected chi connectivity index (χ2v) is 2.94. The number of rotatable bonds is 3. The molecule has 1 atom stereocenters. The fourth-order valence-electron chi connectivity index (χ4n) is 1.29. The summed E-state index contributed by atoms with van der Waals surface area (Å²) in [4.78, 5) is 0. The van der Waals surface area contributed by atoms with Gasteiger partial charge < -0.3 is 14.2 Å². The molecule has 0 radical (unpaired) electrons. The summed E-state index contributed by atoms with van der Waals surface area (Å²) in [6.07, 6.45) is 0.264. The van der Waals surface area contributed by atoms with Crippen LogP contribution in [0.2, 0.25) is 0 Å². The average Bonchev–Trinajstić information content (AvgIpc) is 3.00. The normalized spacial score (nSPS) is 19.7. The Morgan fingerprint density at radius 3 is 2.46 bits per heavy atom. The standard InChI is InChI=1S/C10H12O3/c1-11-8-4-3-7(10-6-13-10)5-9(8)12-2/h3-5,10H,6H2,1-2H3/t10-/m1/s1. The number of benzene rings is 1. The minimum Gasteiger partial charge on any atom is -0.493 e. The van der Waals surface area contributed by atoms with Crippen molar-refractivity contribution in [3.63, 3.8) is 0 Å². The van der Waals surface area contributed by atoms with Crippen molar-refractivity contribution in [1.82, 2.24) is 0 Å². The lowest BCUT2D eigenvalue weighted by Gasteiger charge is -2.07. The topological polar surface area (TPSA) is 31.0 Å². The Kier molecular flexibility index (Phi) is 2.10. The fraction of sp³-hybridized carbons (Fsp3) is 0.400. The zero-order valence-electron chi connectivity index (χ0n) is 7.74. The Labute approximate surface area is 77.2 Å². The lowest BCUT2D eigenvalue weighted by molar-refractivity contribution is 0.353. The van der Waals surface area contributed by atoms with E-state index in [0.29, 0.717) is 0 Å². The molecule has 0 saturated carbocycles. The molecule has 0 bridgehead atoms. The predicted octanol–water partition coefficient (Wildman–Crippen LogP) is 1.78. The first kappa shape index (κ1) is 8.38. The highest BCUT2D eigenvalue weighted by atomic mass is 16.6. The first-order valence-electron chi connectivity index (χ1n) is 4.18. The molecule has 1 saturated heterocycles. The highest BCUT2D eigenvalue weighted by Gasteiger charge is 2.25. The van der Waals surface area contributed by atoms with Crippen LogP contribution >= 0.6 is 0 Å². The Balaban J connectivity index is 2.31. The highest BCUT2D eigenvalue weighted by molar-refractivity contribution is 5.44. The lowest BCUT2D eigenvalue weighted by Crippen LogP contribution is -1.91. The van der Waals surface area contributed by atoms with E-state index in [4.69, 9.17) is 14.2 Å². The third kappa shape index (κ3) is 1.60. The quantitative estimate of drug-likeness (QED) is 0.664. The van der Waals surface area contributed by atoms with Gasteiger partial charge in [0, 0.05) is 0 Å². The van der Waals surface area contributed by atoms with Crippen LogP contribution in [0.15, 0.2) is 18.2 Å². The summed E-state index contributed by atoms with van der Waals surface area (Å²) in [6.45, 7) is 0.815. The summed E-state index contributed by atoms with van der Waals surface area (Å²) < 4.78 is 15.5. The van der Waals surface area contributed by atoms with Crippen LogP contribution in [-0.2, 0) is 4.74 Å². The summed E-state index contributed by atoms with van der Waals surface area (Å²) in [5, 5.41) is 0. The van der Waals surface area contributed by atoms with Crippen LogP contribution in [0.25, 0.3) is 0 Å². The Hall–Kier alpha value is -1.22. The van der Waals surface area contributed by atoms with Crippen molar-refractivity contribution >= 4 is 0 Å². The lowest BCUT2D eigenvalue weighted by atomic mass is 10.1. The maximum absolute atomic E-state index is 5.17. The van der Waals surface area contributed by atoms with E-state index in [2.05, 4.69) is 0 Å². The Morgan fingerprint density at radius 1 is 1.23 bits per heavy atom. The second-order valence-electron chi connectivity index (χ2n) is 2.94. The van der Waals surface area contributed by atoms with Crippen LogP contribution in [0.1, 0.15) is 11.7 Å². The fourth-order valence-corrected chi connectivity index (χ4v) is 1.29. The minimum absolute atomic E-state index is 0.264. The van der Waals surface area contributed by atoms with Gasteiger partial charge in [-0.15, -0.1) is 0 Å². The molecule has 1 aliphatic rings. The minimum atomic E-state index is 0.264. The molecule has 0 amide bonds. The van der Waals surface area contributed by atoms with Crippen molar-refractivity contribution in [2.45, 2.75) is 6.10 Å². The van der Waals surface area contributed by atoms with Gasteiger partial charge >= 0.3 is 0 Å². The predicted molar refractivity (Wildman–Crippen MR) is 48.2 cm³/mol. The molecular formula is C10H12O3. The van der Waals surface area contributed by atoms with Gasteiger partial charge in [0.2, 0.25) is 0 Å². The van der Waals surface area contributed by atoms with E-state index in [1.165, 1.54) is 0 Å². The van der Waals surface area contributed by atoms with Crippen LogP contribution in [0, 0.1) is 0 Å². The first-order valence-corrected chi connectivity index (χ1v) is 4.18. The van der Waals surface area contributed by atoms with Gasteiger partial charge in [0.15, 0.2) is 11.5 Å². The van der Waals surface area contributed by atoms with E-state index in [1.807, 2.05) is 18.2 Å². The molecule has 0 aliphatic carbocycles. The molecule has 0 aromatic heterocycles. The number of ether oxygens (including phenoxy) is 3. The molecule has 70 valence electrons. The summed E-state index contributed by atoms with van der Waals surface area (Å²) in [5.74, 6) is 1.52. The molecule has 1 aromatic rings. The summed E-state index contributed by atoms with van der Waals surface area (Å²) in [7, 11) is 3.26. The molecule has 0 unspecified atom stereocenters. The SMILES string of the molecule is COc1ccc([C@H]2CO2)cc1OC. The molecule has 1 aromatic carbocycles. The maximum Gasteiger partial charge on any atom is 0.161 e. The van der Waals surface area contributed by atoms with Crippen LogP contribution < -0.4 is 9.47 Å². The molecule has 2 rings (SSSR count). The van der Waals surface area contributed by atoms with Crippen LogP contribution in [0.5, 0.6) is 11.5 Å². The van der Waals surface area contributed by atoms with Gasteiger partial charge in [0.25, 0.3) is 0 Å². The van der Waals surface area contributed by atoms with E-state index in [-0.39, 0.29) is 6.10 Å². The molecule has 1 aliphatic heterocycles. The van der Waals surface area contributed by atoms with Gasteiger partial charge in [-0.2, -0.15) is 0 Å². The van der Waals surface area contributed by atoms with Gasteiger partial charge in [-0.05, 0) is 17.7 Å². The third-order valence-electron chi connectivity index (χ3n) is 2.11. The number of methoxy groups -OCH3 is 2. The maximum atomic E-state index is 5.17. The number of hydrogen-bond acceptors (Lipinski definition) is 3. The highest BCUT2D eigenvalue weighted by Crippen LogP contribution is 2.35. The average molecular weight is 180 g/mol. The van der Waals surface area contributed by atoms with E-state index in [9.17, 15) is 0 Å². The van der Waals surface area contributed by atoms with Crippen molar-refractivity contribution in [1.29, 1.82) is 0 Å². The van der Waals surface area contributed by atoms with Crippen molar-refractivity contribution in [3.8, 4) is 11.5 Å².